The van der Waals surface area contributed by atoms with E-state index < -0.39 is 0 Å². The quantitative estimate of drug-likeness (QED) is 0.500. The Bertz CT molecular complexity index is 1090. The van der Waals surface area contributed by atoms with Crippen LogP contribution in [-0.2, 0) is 0 Å². The third-order valence-corrected chi connectivity index (χ3v) is 4.66. The number of aromatic nitrogens is 2. The Hall–Kier alpha value is -3.20. The molecule has 4 rings (SSSR count). The van der Waals surface area contributed by atoms with Gasteiger partial charge in [-0.2, -0.15) is 0 Å². The standard InChI is InChI=1S/C23H21N3/c1-15-9-12-20-21(13-15)25-23(24-19-11-10-16(2)17(3)14-19)26-22(20)18-7-5-4-6-8-18/h4-14H,1-3H3,(H,24,25,26). The molecule has 0 aliphatic heterocycles. The number of hydrogen-bond donors (Lipinski definition) is 1. The van der Waals surface area contributed by atoms with E-state index in [0.717, 1.165) is 27.8 Å². The maximum atomic E-state index is 4.83. The summed E-state index contributed by atoms with van der Waals surface area (Å²) >= 11 is 0. The molecule has 0 aliphatic carbocycles. The molecule has 0 aliphatic rings. The SMILES string of the molecule is Cc1ccc2c(-c3ccccc3)nc(Nc3ccc(C)c(C)c3)nc2c1. The van der Waals surface area contributed by atoms with E-state index in [2.05, 4.69) is 74.6 Å². The van der Waals surface area contributed by atoms with Gasteiger partial charge in [0.25, 0.3) is 0 Å². The highest BCUT2D eigenvalue weighted by molar-refractivity contribution is 5.93. The van der Waals surface area contributed by atoms with Crippen molar-refractivity contribution in [3.63, 3.8) is 0 Å². The average molecular weight is 339 g/mol. The Morgan fingerprint density at radius 1 is 0.731 bits per heavy atom. The number of benzene rings is 3. The van der Waals surface area contributed by atoms with Crippen LogP contribution in [0.3, 0.4) is 0 Å². The van der Waals surface area contributed by atoms with Crippen molar-refractivity contribution in [3.05, 3.63) is 83.4 Å². The number of fused-ring (bicyclic) bond motifs is 1. The van der Waals surface area contributed by atoms with Crippen molar-refractivity contribution >= 4 is 22.5 Å². The number of rotatable bonds is 3. The van der Waals surface area contributed by atoms with Crippen LogP contribution >= 0.6 is 0 Å². The van der Waals surface area contributed by atoms with Gasteiger partial charge >= 0.3 is 0 Å². The highest BCUT2D eigenvalue weighted by Crippen LogP contribution is 2.29. The Morgan fingerprint density at radius 3 is 2.31 bits per heavy atom. The van der Waals surface area contributed by atoms with E-state index in [1.165, 1.54) is 16.7 Å². The first-order valence-electron chi connectivity index (χ1n) is 8.78. The van der Waals surface area contributed by atoms with Gasteiger partial charge in [0.05, 0.1) is 11.2 Å². The second-order valence-electron chi connectivity index (χ2n) is 6.71. The van der Waals surface area contributed by atoms with E-state index in [4.69, 9.17) is 9.97 Å². The van der Waals surface area contributed by atoms with Crippen LogP contribution in [-0.4, -0.2) is 9.97 Å². The number of hydrogen-bond acceptors (Lipinski definition) is 3. The Kier molecular flexibility index (Phi) is 4.13. The second-order valence-corrected chi connectivity index (χ2v) is 6.71. The highest BCUT2D eigenvalue weighted by atomic mass is 15.1. The third-order valence-electron chi connectivity index (χ3n) is 4.66. The summed E-state index contributed by atoms with van der Waals surface area (Å²) in [7, 11) is 0. The molecule has 0 fully saturated rings. The van der Waals surface area contributed by atoms with E-state index >= 15 is 0 Å². The zero-order valence-corrected chi connectivity index (χ0v) is 15.2. The van der Waals surface area contributed by atoms with Crippen LogP contribution in [0.15, 0.2) is 66.7 Å². The lowest BCUT2D eigenvalue weighted by Gasteiger charge is -2.12. The zero-order valence-electron chi connectivity index (χ0n) is 15.2. The van der Waals surface area contributed by atoms with Crippen LogP contribution in [0.5, 0.6) is 0 Å². The molecule has 0 bridgehead atoms. The van der Waals surface area contributed by atoms with Gasteiger partial charge in [0.15, 0.2) is 0 Å². The molecule has 3 aromatic carbocycles. The molecule has 0 spiro atoms. The van der Waals surface area contributed by atoms with E-state index in [-0.39, 0.29) is 0 Å². The Labute approximate surface area is 153 Å². The molecular weight excluding hydrogens is 318 g/mol. The molecular formula is C23H21N3. The predicted molar refractivity (Wildman–Crippen MR) is 109 cm³/mol. The molecule has 0 unspecified atom stereocenters. The van der Waals surface area contributed by atoms with Gasteiger partial charge < -0.3 is 5.32 Å². The van der Waals surface area contributed by atoms with Gasteiger partial charge in [-0.15, -0.1) is 0 Å². The minimum absolute atomic E-state index is 0.616. The zero-order chi connectivity index (χ0) is 18.1. The number of aryl methyl sites for hydroxylation is 3. The molecule has 0 amide bonds. The van der Waals surface area contributed by atoms with Crippen molar-refractivity contribution in [1.29, 1.82) is 0 Å². The molecule has 0 saturated carbocycles. The van der Waals surface area contributed by atoms with Crippen molar-refractivity contribution in [3.8, 4) is 11.3 Å². The van der Waals surface area contributed by atoms with Crippen LogP contribution in [0.4, 0.5) is 11.6 Å². The summed E-state index contributed by atoms with van der Waals surface area (Å²) in [6, 6.07) is 22.9. The fraction of sp³-hybridized carbons (Fsp3) is 0.130. The fourth-order valence-electron chi connectivity index (χ4n) is 3.06. The highest BCUT2D eigenvalue weighted by Gasteiger charge is 2.10. The van der Waals surface area contributed by atoms with Crippen molar-refractivity contribution in [1.82, 2.24) is 9.97 Å². The van der Waals surface area contributed by atoms with E-state index in [0.29, 0.717) is 5.95 Å². The lowest BCUT2D eigenvalue weighted by molar-refractivity contribution is 1.21. The first-order valence-corrected chi connectivity index (χ1v) is 8.78. The first kappa shape index (κ1) is 16.3. The van der Waals surface area contributed by atoms with E-state index in [9.17, 15) is 0 Å². The monoisotopic (exact) mass is 339 g/mol. The van der Waals surface area contributed by atoms with Gasteiger partial charge in [-0.05, 0) is 55.7 Å². The fourth-order valence-corrected chi connectivity index (χ4v) is 3.06. The van der Waals surface area contributed by atoms with E-state index in [1.807, 2.05) is 18.2 Å². The first-order chi connectivity index (χ1) is 12.6. The Morgan fingerprint density at radius 2 is 1.54 bits per heavy atom. The number of nitrogens with zero attached hydrogens (tertiary/aromatic N) is 2. The lowest BCUT2D eigenvalue weighted by Crippen LogP contribution is -2.00. The minimum atomic E-state index is 0.616. The Balaban J connectivity index is 1.86. The van der Waals surface area contributed by atoms with Crippen molar-refractivity contribution in [2.24, 2.45) is 0 Å². The normalized spacial score (nSPS) is 10.9. The summed E-state index contributed by atoms with van der Waals surface area (Å²) in [6.45, 7) is 6.31. The van der Waals surface area contributed by atoms with Crippen LogP contribution in [0, 0.1) is 20.8 Å². The predicted octanol–water partition coefficient (Wildman–Crippen LogP) is 5.97. The molecule has 128 valence electrons. The summed E-state index contributed by atoms with van der Waals surface area (Å²) in [4.78, 5) is 9.57. The molecule has 3 heteroatoms. The van der Waals surface area contributed by atoms with Gasteiger partial charge in [0, 0.05) is 16.6 Å². The van der Waals surface area contributed by atoms with Crippen LogP contribution < -0.4 is 5.32 Å². The average Bonchev–Trinajstić information content (AvgIpc) is 2.64. The molecule has 3 nitrogen and oxygen atoms in total. The smallest absolute Gasteiger partial charge is 0.228 e. The molecule has 4 aromatic rings. The maximum Gasteiger partial charge on any atom is 0.228 e. The second kappa shape index (κ2) is 6.60. The molecule has 0 saturated heterocycles. The van der Waals surface area contributed by atoms with Crippen LogP contribution in [0.1, 0.15) is 16.7 Å². The topological polar surface area (TPSA) is 37.8 Å². The molecule has 1 N–H and O–H groups in total. The summed E-state index contributed by atoms with van der Waals surface area (Å²) in [6.07, 6.45) is 0. The number of nitrogens with one attached hydrogen (secondary N) is 1. The summed E-state index contributed by atoms with van der Waals surface area (Å²) in [5, 5.41) is 4.43. The summed E-state index contributed by atoms with van der Waals surface area (Å²) in [5.74, 6) is 0.616. The van der Waals surface area contributed by atoms with Crippen LogP contribution in [0.25, 0.3) is 22.2 Å². The van der Waals surface area contributed by atoms with E-state index in [1.54, 1.807) is 0 Å². The van der Waals surface area contributed by atoms with Crippen LogP contribution in [0.2, 0.25) is 0 Å². The van der Waals surface area contributed by atoms with Gasteiger partial charge in [-0.25, -0.2) is 9.97 Å². The van der Waals surface area contributed by atoms with Gasteiger partial charge in [0.1, 0.15) is 0 Å². The van der Waals surface area contributed by atoms with Gasteiger partial charge in [0.2, 0.25) is 5.95 Å². The van der Waals surface area contributed by atoms with Crippen molar-refractivity contribution < 1.29 is 0 Å². The molecule has 0 radical (unpaired) electrons. The largest absolute Gasteiger partial charge is 0.324 e. The summed E-state index contributed by atoms with van der Waals surface area (Å²) < 4.78 is 0. The lowest BCUT2D eigenvalue weighted by atomic mass is 10.1. The third kappa shape index (κ3) is 3.16. The number of anilines is 2. The molecule has 1 aromatic heterocycles. The maximum absolute atomic E-state index is 4.83. The minimum Gasteiger partial charge on any atom is -0.324 e. The van der Waals surface area contributed by atoms with Gasteiger partial charge in [-0.1, -0.05) is 48.5 Å². The van der Waals surface area contributed by atoms with Crippen molar-refractivity contribution in [2.45, 2.75) is 20.8 Å². The van der Waals surface area contributed by atoms with Gasteiger partial charge in [-0.3, -0.25) is 0 Å². The summed E-state index contributed by atoms with van der Waals surface area (Å²) in [5.41, 5.74) is 7.69. The molecule has 0 atom stereocenters. The molecule has 26 heavy (non-hydrogen) atoms. The van der Waals surface area contributed by atoms with Crippen molar-refractivity contribution in [2.75, 3.05) is 5.32 Å². The molecule has 1 heterocycles.